The fourth-order valence-electron chi connectivity index (χ4n) is 2.71. The van der Waals surface area contributed by atoms with Crippen LogP contribution in [0, 0.1) is 0 Å². The van der Waals surface area contributed by atoms with Gasteiger partial charge in [0.15, 0.2) is 6.61 Å². The van der Waals surface area contributed by atoms with E-state index < -0.39 is 24.5 Å². The smallest absolute Gasteiger partial charge is 0.338 e. The van der Waals surface area contributed by atoms with E-state index in [0.29, 0.717) is 17.9 Å². The average Bonchev–Trinajstić information content (AvgIpc) is 2.82. The highest BCUT2D eigenvalue weighted by Gasteiger charge is 2.11. The third-order valence-corrected chi connectivity index (χ3v) is 4.39. The van der Waals surface area contributed by atoms with Crippen molar-refractivity contribution in [2.45, 2.75) is 6.54 Å². The fourth-order valence-corrected chi connectivity index (χ4v) is 2.71. The molecule has 0 aliphatic carbocycles. The summed E-state index contributed by atoms with van der Waals surface area (Å²) in [6.45, 7) is -0.0831. The number of methoxy groups -OCH3 is 1. The van der Waals surface area contributed by atoms with Crippen LogP contribution in [0.25, 0.3) is 0 Å². The number of ether oxygens (including phenoxy) is 2. The second-order valence-electron chi connectivity index (χ2n) is 6.72. The SMILES string of the molecule is COc1ccc(CNC(=O)COC(=O)c2ccc(NC(=O)Nc3ccccc3)cc2)cc1. The minimum absolute atomic E-state index is 0.266. The molecule has 3 aromatic carbocycles. The molecule has 164 valence electrons. The molecule has 0 radical (unpaired) electrons. The Balaban J connectivity index is 1.41. The summed E-state index contributed by atoms with van der Waals surface area (Å²) >= 11 is 0. The maximum Gasteiger partial charge on any atom is 0.338 e. The van der Waals surface area contributed by atoms with E-state index in [4.69, 9.17) is 9.47 Å². The third-order valence-electron chi connectivity index (χ3n) is 4.39. The predicted octanol–water partition coefficient (Wildman–Crippen LogP) is 3.81. The fraction of sp³-hybridized carbons (Fsp3) is 0.125. The molecule has 3 aromatic rings. The van der Waals surface area contributed by atoms with Crippen LogP contribution in [0.3, 0.4) is 0 Å². The Morgan fingerprint density at radius 1 is 0.781 bits per heavy atom. The van der Waals surface area contributed by atoms with E-state index in [1.807, 2.05) is 30.3 Å². The number of hydrogen-bond donors (Lipinski definition) is 3. The van der Waals surface area contributed by atoms with Crippen molar-refractivity contribution in [3.63, 3.8) is 0 Å². The molecule has 0 saturated carbocycles. The van der Waals surface area contributed by atoms with Crippen LogP contribution in [0.1, 0.15) is 15.9 Å². The van der Waals surface area contributed by atoms with Gasteiger partial charge in [-0.25, -0.2) is 9.59 Å². The molecule has 0 aliphatic heterocycles. The van der Waals surface area contributed by atoms with Gasteiger partial charge in [-0.15, -0.1) is 0 Å². The molecule has 0 saturated heterocycles. The van der Waals surface area contributed by atoms with Gasteiger partial charge in [-0.3, -0.25) is 4.79 Å². The molecule has 0 aromatic heterocycles. The highest BCUT2D eigenvalue weighted by Crippen LogP contribution is 2.13. The molecule has 0 heterocycles. The van der Waals surface area contributed by atoms with Gasteiger partial charge in [-0.1, -0.05) is 30.3 Å². The summed E-state index contributed by atoms with van der Waals surface area (Å²) in [6.07, 6.45) is 0. The van der Waals surface area contributed by atoms with E-state index in [0.717, 1.165) is 11.3 Å². The Morgan fingerprint density at radius 3 is 2.03 bits per heavy atom. The van der Waals surface area contributed by atoms with E-state index in [-0.39, 0.29) is 5.56 Å². The molecule has 3 amide bonds. The first-order valence-electron chi connectivity index (χ1n) is 9.83. The maximum atomic E-state index is 12.2. The number of amides is 3. The molecule has 8 nitrogen and oxygen atoms in total. The van der Waals surface area contributed by atoms with Gasteiger partial charge in [0, 0.05) is 17.9 Å². The lowest BCUT2D eigenvalue weighted by Crippen LogP contribution is -2.28. The highest BCUT2D eigenvalue weighted by atomic mass is 16.5. The molecule has 0 atom stereocenters. The zero-order valence-corrected chi connectivity index (χ0v) is 17.5. The van der Waals surface area contributed by atoms with Crippen LogP contribution in [0.4, 0.5) is 16.2 Å². The van der Waals surface area contributed by atoms with Crippen molar-refractivity contribution in [2.75, 3.05) is 24.4 Å². The molecule has 0 unspecified atom stereocenters. The van der Waals surface area contributed by atoms with Crippen molar-refractivity contribution in [3.8, 4) is 5.75 Å². The first kappa shape index (κ1) is 22.4. The van der Waals surface area contributed by atoms with E-state index in [9.17, 15) is 14.4 Å². The van der Waals surface area contributed by atoms with Crippen molar-refractivity contribution in [1.82, 2.24) is 5.32 Å². The van der Waals surface area contributed by atoms with Crippen LogP contribution in [0.5, 0.6) is 5.75 Å². The molecule has 0 fully saturated rings. The minimum atomic E-state index is -0.634. The number of carbonyl (C=O) groups is 3. The van der Waals surface area contributed by atoms with Gasteiger partial charge in [0.25, 0.3) is 5.91 Å². The van der Waals surface area contributed by atoms with Crippen molar-refractivity contribution < 1.29 is 23.9 Å². The molecule has 3 N–H and O–H groups in total. The zero-order valence-electron chi connectivity index (χ0n) is 17.5. The number of esters is 1. The maximum absolute atomic E-state index is 12.2. The van der Waals surface area contributed by atoms with E-state index >= 15 is 0 Å². The quantitative estimate of drug-likeness (QED) is 0.469. The van der Waals surface area contributed by atoms with Crippen molar-refractivity contribution in [1.29, 1.82) is 0 Å². The molecule has 0 spiro atoms. The number of benzene rings is 3. The monoisotopic (exact) mass is 433 g/mol. The van der Waals surface area contributed by atoms with E-state index in [2.05, 4.69) is 16.0 Å². The summed E-state index contributed by atoms with van der Waals surface area (Å²) in [7, 11) is 1.58. The Kier molecular flexibility index (Phi) is 7.80. The second-order valence-corrected chi connectivity index (χ2v) is 6.72. The Labute approximate surface area is 185 Å². The first-order chi connectivity index (χ1) is 15.5. The second kappa shape index (κ2) is 11.2. The largest absolute Gasteiger partial charge is 0.497 e. The molecular formula is C24H23N3O5. The Hall–Kier alpha value is -4.33. The number of carbonyl (C=O) groups excluding carboxylic acids is 3. The lowest BCUT2D eigenvalue weighted by Gasteiger charge is -2.09. The number of hydrogen-bond acceptors (Lipinski definition) is 5. The number of urea groups is 1. The van der Waals surface area contributed by atoms with Crippen LogP contribution in [0.15, 0.2) is 78.9 Å². The van der Waals surface area contributed by atoms with Crippen LogP contribution >= 0.6 is 0 Å². The third kappa shape index (κ3) is 6.88. The molecule has 3 rings (SSSR count). The lowest BCUT2D eigenvalue weighted by atomic mass is 10.2. The zero-order chi connectivity index (χ0) is 22.8. The van der Waals surface area contributed by atoms with Crippen LogP contribution in [-0.2, 0) is 16.1 Å². The van der Waals surface area contributed by atoms with Crippen molar-refractivity contribution in [3.05, 3.63) is 90.0 Å². The summed E-state index contributed by atoms with van der Waals surface area (Å²) < 4.78 is 10.1. The number of para-hydroxylation sites is 1. The summed E-state index contributed by atoms with van der Waals surface area (Å²) in [5.74, 6) is -0.318. The lowest BCUT2D eigenvalue weighted by molar-refractivity contribution is -0.124. The van der Waals surface area contributed by atoms with Gasteiger partial charge >= 0.3 is 12.0 Å². The van der Waals surface area contributed by atoms with Gasteiger partial charge in [0.05, 0.1) is 12.7 Å². The van der Waals surface area contributed by atoms with Gasteiger partial charge in [0.2, 0.25) is 0 Å². The van der Waals surface area contributed by atoms with Gasteiger partial charge in [-0.2, -0.15) is 0 Å². The van der Waals surface area contributed by atoms with Crippen LogP contribution < -0.4 is 20.7 Å². The standard InChI is InChI=1S/C24H23N3O5/c1-31-21-13-7-17(8-14-21)15-25-22(28)16-32-23(29)18-9-11-20(12-10-18)27-24(30)26-19-5-3-2-4-6-19/h2-14H,15-16H2,1H3,(H,25,28)(H2,26,27,30). The molecular weight excluding hydrogens is 410 g/mol. The number of rotatable bonds is 8. The number of nitrogens with one attached hydrogen (secondary N) is 3. The summed E-state index contributed by atoms with van der Waals surface area (Å²) in [5.41, 5.74) is 2.33. The van der Waals surface area contributed by atoms with Gasteiger partial charge in [0.1, 0.15) is 5.75 Å². The molecule has 8 heteroatoms. The topological polar surface area (TPSA) is 106 Å². The van der Waals surface area contributed by atoms with Crippen LogP contribution in [0.2, 0.25) is 0 Å². The Morgan fingerprint density at radius 2 is 1.41 bits per heavy atom. The van der Waals surface area contributed by atoms with Crippen molar-refractivity contribution >= 4 is 29.3 Å². The molecule has 0 aliphatic rings. The van der Waals surface area contributed by atoms with Crippen LogP contribution in [-0.4, -0.2) is 31.6 Å². The van der Waals surface area contributed by atoms with E-state index in [1.165, 1.54) is 12.1 Å². The van der Waals surface area contributed by atoms with Gasteiger partial charge in [-0.05, 0) is 54.1 Å². The summed E-state index contributed by atoms with van der Waals surface area (Å²) in [6, 6.07) is 22.0. The number of anilines is 2. The van der Waals surface area contributed by atoms with E-state index in [1.54, 1.807) is 43.5 Å². The Bertz CT molecular complexity index is 1050. The summed E-state index contributed by atoms with van der Waals surface area (Å²) in [4.78, 5) is 36.1. The van der Waals surface area contributed by atoms with Crippen molar-refractivity contribution in [2.24, 2.45) is 0 Å². The first-order valence-corrected chi connectivity index (χ1v) is 9.83. The average molecular weight is 433 g/mol. The predicted molar refractivity (Wildman–Crippen MR) is 121 cm³/mol. The normalized spacial score (nSPS) is 10.0. The minimum Gasteiger partial charge on any atom is -0.497 e. The summed E-state index contributed by atoms with van der Waals surface area (Å²) in [5, 5.41) is 8.05. The molecule has 0 bridgehead atoms. The molecule has 32 heavy (non-hydrogen) atoms. The van der Waals surface area contributed by atoms with Gasteiger partial charge < -0.3 is 25.4 Å². The highest BCUT2D eigenvalue weighted by molar-refractivity contribution is 6.00.